The molecule has 0 radical (unpaired) electrons. The van der Waals surface area contributed by atoms with E-state index in [-0.39, 0.29) is 18.9 Å². The molecule has 0 unspecified atom stereocenters. The number of amides is 1. The molecular formula is C18H19N3O3. The van der Waals surface area contributed by atoms with Crippen LogP contribution < -0.4 is 16.0 Å². The van der Waals surface area contributed by atoms with Crippen LogP contribution in [0, 0.1) is 0 Å². The van der Waals surface area contributed by atoms with Gasteiger partial charge in [0.25, 0.3) is 0 Å². The summed E-state index contributed by atoms with van der Waals surface area (Å²) in [5, 5.41) is 2.83. The normalized spacial score (nSPS) is 10.8. The van der Waals surface area contributed by atoms with Gasteiger partial charge in [0.1, 0.15) is 0 Å². The van der Waals surface area contributed by atoms with E-state index in [4.69, 9.17) is 4.42 Å². The van der Waals surface area contributed by atoms with Gasteiger partial charge in [-0.25, -0.2) is 4.79 Å². The van der Waals surface area contributed by atoms with Crippen LogP contribution in [0.2, 0.25) is 0 Å². The van der Waals surface area contributed by atoms with Gasteiger partial charge >= 0.3 is 5.76 Å². The number of nitrogens with zero attached hydrogens (tertiary/aromatic N) is 2. The van der Waals surface area contributed by atoms with Gasteiger partial charge in [0.15, 0.2) is 5.58 Å². The number of hydrogen-bond acceptors (Lipinski definition) is 4. The van der Waals surface area contributed by atoms with Gasteiger partial charge in [-0.2, -0.15) is 0 Å². The van der Waals surface area contributed by atoms with E-state index in [1.54, 1.807) is 18.2 Å². The summed E-state index contributed by atoms with van der Waals surface area (Å²) in [6, 6.07) is 14.8. The monoisotopic (exact) mass is 325 g/mol. The maximum absolute atomic E-state index is 12.1. The smallest absolute Gasteiger partial charge is 0.408 e. The highest BCUT2D eigenvalue weighted by Gasteiger charge is 2.10. The summed E-state index contributed by atoms with van der Waals surface area (Å²) in [7, 11) is 3.92. The maximum atomic E-state index is 12.1. The zero-order chi connectivity index (χ0) is 17.1. The third-order valence-electron chi connectivity index (χ3n) is 3.80. The molecule has 3 rings (SSSR count). The van der Waals surface area contributed by atoms with Gasteiger partial charge in [-0.3, -0.25) is 9.36 Å². The summed E-state index contributed by atoms with van der Waals surface area (Å²) in [4.78, 5) is 26.0. The highest BCUT2D eigenvalue weighted by Crippen LogP contribution is 2.16. The maximum Gasteiger partial charge on any atom is 0.419 e. The van der Waals surface area contributed by atoms with Gasteiger partial charge in [-0.1, -0.05) is 12.1 Å². The van der Waals surface area contributed by atoms with Crippen molar-refractivity contribution in [3.8, 4) is 0 Å². The van der Waals surface area contributed by atoms with Crippen LogP contribution in [-0.2, 0) is 11.3 Å². The Bertz CT molecular complexity index is 907. The Morgan fingerprint density at radius 1 is 1.12 bits per heavy atom. The van der Waals surface area contributed by atoms with Crippen molar-refractivity contribution in [2.24, 2.45) is 0 Å². The first-order chi connectivity index (χ1) is 11.5. The Morgan fingerprint density at radius 2 is 1.83 bits per heavy atom. The van der Waals surface area contributed by atoms with E-state index in [1.807, 2.05) is 49.3 Å². The van der Waals surface area contributed by atoms with E-state index in [0.29, 0.717) is 11.1 Å². The SMILES string of the molecule is CN(C)c1ccc(NC(=O)CCn2c(=O)oc3ccccc32)cc1. The van der Waals surface area contributed by atoms with Crippen molar-refractivity contribution in [2.45, 2.75) is 13.0 Å². The summed E-state index contributed by atoms with van der Waals surface area (Å²) in [6.07, 6.45) is 0.193. The Morgan fingerprint density at radius 3 is 2.54 bits per heavy atom. The number of hydrogen-bond donors (Lipinski definition) is 1. The van der Waals surface area contributed by atoms with Crippen molar-refractivity contribution in [3.63, 3.8) is 0 Å². The number of aromatic nitrogens is 1. The molecule has 124 valence electrons. The number of benzene rings is 2. The third-order valence-corrected chi connectivity index (χ3v) is 3.80. The Balaban J connectivity index is 1.65. The van der Waals surface area contributed by atoms with Gasteiger partial charge in [0.05, 0.1) is 5.52 Å². The molecule has 24 heavy (non-hydrogen) atoms. The molecule has 1 aromatic heterocycles. The molecule has 6 nitrogen and oxygen atoms in total. The minimum Gasteiger partial charge on any atom is -0.408 e. The van der Waals surface area contributed by atoms with Crippen molar-refractivity contribution in [1.82, 2.24) is 4.57 Å². The first-order valence-electron chi connectivity index (χ1n) is 7.70. The van der Waals surface area contributed by atoms with Crippen LogP contribution in [-0.4, -0.2) is 24.6 Å². The third kappa shape index (κ3) is 3.32. The van der Waals surface area contributed by atoms with E-state index in [9.17, 15) is 9.59 Å². The summed E-state index contributed by atoms with van der Waals surface area (Å²) >= 11 is 0. The van der Waals surface area contributed by atoms with Crippen molar-refractivity contribution in [2.75, 3.05) is 24.3 Å². The number of oxazole rings is 1. The van der Waals surface area contributed by atoms with Crippen LogP contribution in [0.1, 0.15) is 6.42 Å². The number of fused-ring (bicyclic) bond motifs is 1. The molecule has 2 aromatic carbocycles. The second kappa shape index (κ2) is 6.62. The zero-order valence-electron chi connectivity index (χ0n) is 13.7. The number of anilines is 2. The largest absolute Gasteiger partial charge is 0.419 e. The molecule has 0 aliphatic carbocycles. The van der Waals surface area contributed by atoms with Gasteiger partial charge in [0, 0.05) is 38.4 Å². The molecule has 0 fully saturated rings. The topological polar surface area (TPSA) is 67.5 Å². The number of para-hydroxylation sites is 2. The average molecular weight is 325 g/mol. The number of aryl methyl sites for hydroxylation is 1. The van der Waals surface area contributed by atoms with Crippen LogP contribution in [0.25, 0.3) is 11.1 Å². The Labute approximate surface area is 139 Å². The van der Waals surface area contributed by atoms with Gasteiger partial charge in [-0.15, -0.1) is 0 Å². The van der Waals surface area contributed by atoms with E-state index < -0.39 is 5.76 Å². The molecule has 0 saturated heterocycles. The van der Waals surface area contributed by atoms with Crippen LogP contribution in [0.5, 0.6) is 0 Å². The lowest BCUT2D eigenvalue weighted by Gasteiger charge is -2.13. The fraction of sp³-hybridized carbons (Fsp3) is 0.222. The quantitative estimate of drug-likeness (QED) is 0.783. The summed E-state index contributed by atoms with van der Waals surface area (Å²) in [6.45, 7) is 0.275. The Kier molecular flexibility index (Phi) is 4.37. The molecule has 3 aromatic rings. The summed E-state index contributed by atoms with van der Waals surface area (Å²) in [5.74, 6) is -0.593. The number of nitrogens with one attached hydrogen (secondary N) is 1. The highest BCUT2D eigenvalue weighted by molar-refractivity contribution is 5.90. The molecular weight excluding hydrogens is 306 g/mol. The standard InChI is InChI=1S/C18H19N3O3/c1-20(2)14-9-7-13(8-10-14)19-17(22)11-12-21-15-5-3-4-6-16(15)24-18(21)23/h3-10H,11-12H2,1-2H3,(H,19,22). The molecule has 6 heteroatoms. The van der Waals surface area contributed by atoms with E-state index in [1.165, 1.54) is 4.57 Å². The van der Waals surface area contributed by atoms with Gasteiger partial charge < -0.3 is 14.6 Å². The first kappa shape index (κ1) is 15.9. The zero-order valence-corrected chi connectivity index (χ0v) is 13.7. The van der Waals surface area contributed by atoms with Crippen molar-refractivity contribution in [3.05, 3.63) is 59.1 Å². The molecule has 1 heterocycles. The molecule has 0 spiro atoms. The van der Waals surface area contributed by atoms with Crippen LogP contribution in [0.3, 0.4) is 0 Å². The summed E-state index contributed by atoms with van der Waals surface area (Å²) < 4.78 is 6.63. The number of carbonyl (C=O) groups is 1. The number of rotatable bonds is 5. The first-order valence-corrected chi connectivity index (χ1v) is 7.70. The number of carbonyl (C=O) groups excluding carboxylic acids is 1. The lowest BCUT2D eigenvalue weighted by atomic mass is 10.2. The Hall–Kier alpha value is -3.02. The molecule has 0 atom stereocenters. The van der Waals surface area contributed by atoms with Crippen LogP contribution in [0.15, 0.2) is 57.7 Å². The fourth-order valence-electron chi connectivity index (χ4n) is 2.51. The highest BCUT2D eigenvalue weighted by atomic mass is 16.4. The van der Waals surface area contributed by atoms with Crippen molar-refractivity contribution in [1.29, 1.82) is 0 Å². The van der Waals surface area contributed by atoms with Crippen molar-refractivity contribution >= 4 is 28.4 Å². The van der Waals surface area contributed by atoms with Crippen LogP contribution >= 0.6 is 0 Å². The minimum absolute atomic E-state index is 0.148. The molecule has 0 aliphatic rings. The lowest BCUT2D eigenvalue weighted by molar-refractivity contribution is -0.116. The van der Waals surface area contributed by atoms with Crippen LogP contribution in [0.4, 0.5) is 11.4 Å². The summed E-state index contributed by atoms with van der Waals surface area (Å²) in [5.41, 5.74) is 3.02. The second-order valence-corrected chi connectivity index (χ2v) is 5.73. The molecule has 0 aliphatic heterocycles. The lowest BCUT2D eigenvalue weighted by Crippen LogP contribution is -2.19. The minimum atomic E-state index is -0.445. The van der Waals surface area contributed by atoms with Crippen molar-refractivity contribution < 1.29 is 9.21 Å². The molecule has 1 amide bonds. The average Bonchev–Trinajstić information content (AvgIpc) is 2.88. The van der Waals surface area contributed by atoms with E-state index >= 15 is 0 Å². The predicted molar refractivity (Wildman–Crippen MR) is 94.5 cm³/mol. The predicted octanol–water partition coefficient (Wildman–Crippen LogP) is 2.69. The molecule has 0 bridgehead atoms. The second-order valence-electron chi connectivity index (χ2n) is 5.73. The fourth-order valence-corrected chi connectivity index (χ4v) is 2.51. The van der Waals surface area contributed by atoms with E-state index in [0.717, 1.165) is 11.4 Å². The van der Waals surface area contributed by atoms with Gasteiger partial charge in [0.2, 0.25) is 5.91 Å². The van der Waals surface area contributed by atoms with E-state index in [2.05, 4.69) is 5.32 Å². The molecule has 0 saturated carbocycles. The molecule has 1 N–H and O–H groups in total. The van der Waals surface area contributed by atoms with Gasteiger partial charge in [-0.05, 0) is 36.4 Å².